The van der Waals surface area contributed by atoms with Gasteiger partial charge < -0.3 is 10.6 Å². The van der Waals surface area contributed by atoms with Crippen molar-refractivity contribution in [3.05, 3.63) is 23.8 Å². The minimum Gasteiger partial charge on any atom is -0.330 e. The monoisotopic (exact) mass is 223 g/mol. The minimum absolute atomic E-state index is 0.0342. The molecule has 0 aromatic carbocycles. The van der Waals surface area contributed by atoms with Gasteiger partial charge in [-0.2, -0.15) is 4.39 Å². The highest BCUT2D eigenvalue weighted by Crippen LogP contribution is 2.26. The number of aryl methyl sites for hydroxylation is 1. The van der Waals surface area contributed by atoms with Crippen molar-refractivity contribution in [1.82, 2.24) is 4.98 Å². The van der Waals surface area contributed by atoms with Crippen LogP contribution in [0.5, 0.6) is 0 Å². The van der Waals surface area contributed by atoms with Crippen molar-refractivity contribution in [2.45, 2.75) is 13.3 Å². The molecule has 4 nitrogen and oxygen atoms in total. The molecular weight excluding hydrogens is 209 g/mol. The van der Waals surface area contributed by atoms with Crippen LogP contribution in [0, 0.1) is 18.8 Å². The first-order valence-corrected chi connectivity index (χ1v) is 5.24. The lowest BCUT2D eigenvalue weighted by Gasteiger charge is -2.18. The molecule has 86 valence electrons. The number of amides is 1. The maximum absolute atomic E-state index is 12.8. The first kappa shape index (κ1) is 11.0. The van der Waals surface area contributed by atoms with Crippen LogP contribution in [0.2, 0.25) is 0 Å². The molecule has 1 atom stereocenters. The number of nitrogens with two attached hydrogens (primary N) is 1. The van der Waals surface area contributed by atoms with Crippen molar-refractivity contribution in [3.63, 3.8) is 0 Å². The van der Waals surface area contributed by atoms with E-state index in [1.807, 2.05) is 0 Å². The van der Waals surface area contributed by atoms with Gasteiger partial charge in [0.25, 0.3) is 0 Å². The first-order chi connectivity index (χ1) is 7.61. The van der Waals surface area contributed by atoms with Crippen LogP contribution >= 0.6 is 0 Å². The van der Waals surface area contributed by atoms with Crippen LogP contribution in [-0.2, 0) is 4.79 Å². The van der Waals surface area contributed by atoms with Gasteiger partial charge in [-0.1, -0.05) is 0 Å². The predicted octanol–water partition coefficient (Wildman–Crippen LogP) is 0.841. The van der Waals surface area contributed by atoms with Gasteiger partial charge in [0.15, 0.2) is 0 Å². The number of carbonyl (C=O) groups is 1. The Morgan fingerprint density at radius 1 is 1.69 bits per heavy atom. The molecule has 1 aromatic heterocycles. The van der Waals surface area contributed by atoms with Gasteiger partial charge in [0.2, 0.25) is 11.9 Å². The maximum Gasteiger partial charge on any atom is 0.227 e. The highest BCUT2D eigenvalue weighted by molar-refractivity contribution is 5.96. The quantitative estimate of drug-likeness (QED) is 0.756. The second-order valence-electron chi connectivity index (χ2n) is 4.10. The fourth-order valence-electron chi connectivity index (χ4n) is 1.97. The Balaban J connectivity index is 2.28. The number of halogens is 1. The van der Waals surface area contributed by atoms with Crippen LogP contribution in [0.15, 0.2) is 12.3 Å². The summed E-state index contributed by atoms with van der Waals surface area (Å²) in [5.74, 6) is -0.299. The highest BCUT2D eigenvalue weighted by Gasteiger charge is 2.30. The molecule has 0 saturated carbocycles. The molecule has 1 amide bonds. The van der Waals surface area contributed by atoms with E-state index in [0.29, 0.717) is 25.2 Å². The van der Waals surface area contributed by atoms with Crippen molar-refractivity contribution in [1.29, 1.82) is 0 Å². The van der Waals surface area contributed by atoms with Crippen molar-refractivity contribution in [3.8, 4) is 0 Å². The van der Waals surface area contributed by atoms with E-state index >= 15 is 0 Å². The predicted molar refractivity (Wildman–Crippen MR) is 58.4 cm³/mol. The van der Waals surface area contributed by atoms with Crippen molar-refractivity contribution in [2.24, 2.45) is 11.7 Å². The molecular formula is C11H14FN3O. The summed E-state index contributed by atoms with van der Waals surface area (Å²) in [6.45, 7) is 2.86. The second kappa shape index (κ2) is 4.17. The number of hydrogen-bond acceptors (Lipinski definition) is 3. The smallest absolute Gasteiger partial charge is 0.227 e. The molecule has 2 rings (SSSR count). The summed E-state index contributed by atoms with van der Waals surface area (Å²) in [5, 5.41) is 0. The Kier molecular flexibility index (Phi) is 2.87. The van der Waals surface area contributed by atoms with Gasteiger partial charge in [-0.05, 0) is 31.0 Å². The average molecular weight is 223 g/mol. The SMILES string of the molecule is Cc1cc(F)ncc1N1CC(CN)CC1=O. The molecule has 0 spiro atoms. The van der Waals surface area contributed by atoms with E-state index in [4.69, 9.17) is 5.73 Å². The Labute approximate surface area is 93.3 Å². The standard InChI is InChI=1S/C11H14FN3O/c1-7-2-10(12)14-5-9(7)15-6-8(4-13)3-11(15)16/h2,5,8H,3-4,6,13H2,1H3. The molecule has 2 heterocycles. The number of pyridine rings is 1. The normalized spacial score (nSPS) is 20.6. The zero-order valence-corrected chi connectivity index (χ0v) is 9.11. The lowest BCUT2D eigenvalue weighted by molar-refractivity contribution is -0.117. The van der Waals surface area contributed by atoms with Crippen molar-refractivity contribution in [2.75, 3.05) is 18.0 Å². The lowest BCUT2D eigenvalue weighted by Crippen LogP contribution is -2.26. The van der Waals surface area contributed by atoms with Crippen molar-refractivity contribution >= 4 is 11.6 Å². The lowest BCUT2D eigenvalue weighted by atomic mass is 10.1. The van der Waals surface area contributed by atoms with Gasteiger partial charge >= 0.3 is 0 Å². The summed E-state index contributed by atoms with van der Waals surface area (Å²) in [7, 11) is 0. The largest absolute Gasteiger partial charge is 0.330 e. The van der Waals surface area contributed by atoms with E-state index in [0.717, 1.165) is 5.56 Å². The Bertz CT molecular complexity index is 422. The molecule has 5 heteroatoms. The molecule has 0 radical (unpaired) electrons. The number of rotatable bonds is 2. The van der Waals surface area contributed by atoms with E-state index in [2.05, 4.69) is 4.98 Å². The number of nitrogens with zero attached hydrogens (tertiary/aromatic N) is 2. The Hall–Kier alpha value is -1.49. The summed E-state index contributed by atoms with van der Waals surface area (Å²) in [5.41, 5.74) is 6.95. The molecule has 1 aliphatic rings. The summed E-state index contributed by atoms with van der Waals surface area (Å²) in [4.78, 5) is 16.9. The Morgan fingerprint density at radius 3 is 3.00 bits per heavy atom. The molecule has 1 unspecified atom stereocenters. The summed E-state index contributed by atoms with van der Waals surface area (Å²) in [6.07, 6.45) is 1.87. The molecule has 0 bridgehead atoms. The summed E-state index contributed by atoms with van der Waals surface area (Å²) < 4.78 is 12.8. The molecule has 16 heavy (non-hydrogen) atoms. The third-order valence-corrected chi connectivity index (χ3v) is 2.88. The molecule has 1 aromatic rings. The van der Waals surface area contributed by atoms with Gasteiger partial charge in [-0.25, -0.2) is 4.98 Å². The number of anilines is 1. The van der Waals surface area contributed by atoms with E-state index in [1.54, 1.807) is 11.8 Å². The van der Waals surface area contributed by atoms with Crippen LogP contribution in [0.3, 0.4) is 0 Å². The van der Waals surface area contributed by atoms with Crippen LogP contribution in [0.1, 0.15) is 12.0 Å². The minimum atomic E-state index is -0.525. The van der Waals surface area contributed by atoms with Crippen LogP contribution < -0.4 is 10.6 Å². The Morgan fingerprint density at radius 2 is 2.44 bits per heavy atom. The molecule has 0 aliphatic carbocycles. The summed E-state index contributed by atoms with van der Waals surface area (Å²) in [6, 6.07) is 1.33. The topological polar surface area (TPSA) is 59.2 Å². The van der Waals surface area contributed by atoms with Gasteiger partial charge in [0.1, 0.15) is 0 Å². The number of aromatic nitrogens is 1. The van der Waals surface area contributed by atoms with E-state index in [1.165, 1.54) is 12.3 Å². The van der Waals surface area contributed by atoms with Crippen LogP contribution in [-0.4, -0.2) is 24.0 Å². The van der Waals surface area contributed by atoms with Crippen LogP contribution in [0.4, 0.5) is 10.1 Å². The zero-order valence-electron chi connectivity index (χ0n) is 9.11. The van der Waals surface area contributed by atoms with E-state index in [-0.39, 0.29) is 11.8 Å². The van der Waals surface area contributed by atoms with Gasteiger partial charge in [-0.15, -0.1) is 0 Å². The highest BCUT2D eigenvalue weighted by atomic mass is 19.1. The van der Waals surface area contributed by atoms with Gasteiger partial charge in [-0.3, -0.25) is 4.79 Å². The fraction of sp³-hybridized carbons (Fsp3) is 0.455. The fourth-order valence-corrected chi connectivity index (χ4v) is 1.97. The first-order valence-electron chi connectivity index (χ1n) is 5.24. The van der Waals surface area contributed by atoms with Crippen molar-refractivity contribution < 1.29 is 9.18 Å². The summed E-state index contributed by atoms with van der Waals surface area (Å²) >= 11 is 0. The maximum atomic E-state index is 12.8. The van der Waals surface area contributed by atoms with Gasteiger partial charge in [0.05, 0.1) is 11.9 Å². The molecule has 2 N–H and O–H groups in total. The molecule has 1 aliphatic heterocycles. The second-order valence-corrected chi connectivity index (χ2v) is 4.10. The number of carbonyl (C=O) groups excluding carboxylic acids is 1. The number of hydrogen-bond donors (Lipinski definition) is 1. The third-order valence-electron chi connectivity index (χ3n) is 2.88. The van der Waals surface area contributed by atoms with Gasteiger partial charge in [0, 0.05) is 13.0 Å². The zero-order chi connectivity index (χ0) is 11.7. The van der Waals surface area contributed by atoms with Crippen LogP contribution in [0.25, 0.3) is 0 Å². The molecule has 1 saturated heterocycles. The van der Waals surface area contributed by atoms with E-state index < -0.39 is 5.95 Å². The van der Waals surface area contributed by atoms with E-state index in [9.17, 15) is 9.18 Å². The average Bonchev–Trinajstić information content (AvgIpc) is 2.60. The molecule has 1 fully saturated rings. The third kappa shape index (κ3) is 1.90.